The van der Waals surface area contributed by atoms with Gasteiger partial charge in [0.05, 0.1) is 15.2 Å². The van der Waals surface area contributed by atoms with Gasteiger partial charge < -0.3 is 0 Å². The number of benzene rings is 1. The molecule has 16 heavy (non-hydrogen) atoms. The SMILES string of the molecule is O=S(=O)(CC1SCCCS1)c1ccccc1. The van der Waals surface area contributed by atoms with Gasteiger partial charge in [-0.15, -0.1) is 23.5 Å². The van der Waals surface area contributed by atoms with Crippen LogP contribution < -0.4 is 0 Å². The Morgan fingerprint density at radius 3 is 2.38 bits per heavy atom. The van der Waals surface area contributed by atoms with Crippen LogP contribution in [0.15, 0.2) is 35.2 Å². The Bertz CT molecular complexity index is 422. The zero-order chi connectivity index (χ0) is 11.4. The molecule has 0 spiro atoms. The summed E-state index contributed by atoms with van der Waals surface area (Å²) < 4.78 is 24.4. The highest BCUT2D eigenvalue weighted by Gasteiger charge is 2.23. The maximum Gasteiger partial charge on any atom is 0.180 e. The maximum atomic E-state index is 12.1. The summed E-state index contributed by atoms with van der Waals surface area (Å²) >= 11 is 3.54. The summed E-state index contributed by atoms with van der Waals surface area (Å²) in [4.78, 5) is 0.446. The molecule has 0 aliphatic carbocycles. The average Bonchev–Trinajstić information content (AvgIpc) is 2.31. The second-order valence-electron chi connectivity index (χ2n) is 3.62. The Morgan fingerprint density at radius 1 is 1.12 bits per heavy atom. The Labute approximate surface area is 105 Å². The van der Waals surface area contributed by atoms with Crippen LogP contribution in [-0.4, -0.2) is 30.3 Å². The molecule has 0 N–H and O–H groups in total. The van der Waals surface area contributed by atoms with Crippen LogP contribution in [0.3, 0.4) is 0 Å². The molecule has 1 aromatic carbocycles. The molecular weight excluding hydrogens is 260 g/mol. The Kier molecular flexibility index (Phi) is 4.21. The van der Waals surface area contributed by atoms with Crippen LogP contribution in [-0.2, 0) is 9.84 Å². The lowest BCUT2D eigenvalue weighted by Crippen LogP contribution is -2.19. The smallest absolute Gasteiger partial charge is 0.180 e. The molecule has 88 valence electrons. The van der Waals surface area contributed by atoms with E-state index in [1.807, 2.05) is 6.07 Å². The second kappa shape index (κ2) is 5.47. The summed E-state index contributed by atoms with van der Waals surface area (Å²) in [6.07, 6.45) is 1.19. The van der Waals surface area contributed by atoms with Crippen molar-refractivity contribution in [3.63, 3.8) is 0 Å². The van der Waals surface area contributed by atoms with Gasteiger partial charge in [0.25, 0.3) is 0 Å². The quantitative estimate of drug-likeness (QED) is 0.848. The van der Waals surface area contributed by atoms with Gasteiger partial charge in [0.15, 0.2) is 9.84 Å². The van der Waals surface area contributed by atoms with E-state index in [4.69, 9.17) is 0 Å². The van der Waals surface area contributed by atoms with E-state index in [0.29, 0.717) is 4.90 Å². The van der Waals surface area contributed by atoms with E-state index >= 15 is 0 Å². The van der Waals surface area contributed by atoms with Gasteiger partial charge in [-0.1, -0.05) is 18.2 Å². The molecule has 0 bridgehead atoms. The fraction of sp³-hybridized carbons (Fsp3) is 0.455. The molecule has 1 heterocycles. The van der Waals surface area contributed by atoms with Crippen LogP contribution in [0, 0.1) is 0 Å². The summed E-state index contributed by atoms with van der Waals surface area (Å²) in [5.41, 5.74) is 0. The number of rotatable bonds is 3. The second-order valence-corrected chi connectivity index (χ2v) is 8.57. The Hall–Kier alpha value is -0.130. The van der Waals surface area contributed by atoms with E-state index in [2.05, 4.69) is 0 Å². The van der Waals surface area contributed by atoms with Crippen LogP contribution in [0.2, 0.25) is 0 Å². The third-order valence-corrected chi connectivity index (χ3v) is 7.48. The van der Waals surface area contributed by atoms with E-state index in [1.165, 1.54) is 6.42 Å². The van der Waals surface area contributed by atoms with Gasteiger partial charge in [0.2, 0.25) is 0 Å². The molecule has 0 atom stereocenters. The normalized spacial score (nSPS) is 18.5. The van der Waals surface area contributed by atoms with E-state index in [0.717, 1.165) is 11.5 Å². The first kappa shape index (κ1) is 12.3. The van der Waals surface area contributed by atoms with Crippen molar-refractivity contribution in [2.75, 3.05) is 17.3 Å². The van der Waals surface area contributed by atoms with E-state index in [-0.39, 0.29) is 10.3 Å². The molecular formula is C11H14O2S3. The average molecular weight is 274 g/mol. The molecule has 0 aromatic heterocycles. The van der Waals surface area contributed by atoms with Crippen LogP contribution in [0.5, 0.6) is 0 Å². The highest BCUT2D eigenvalue weighted by atomic mass is 32.2. The number of sulfone groups is 1. The molecule has 0 amide bonds. The zero-order valence-corrected chi connectivity index (χ0v) is 11.3. The summed E-state index contributed by atoms with van der Waals surface area (Å²) in [6, 6.07) is 8.73. The van der Waals surface area contributed by atoms with Gasteiger partial charge in [-0.05, 0) is 30.1 Å². The van der Waals surface area contributed by atoms with Crippen molar-refractivity contribution in [3.05, 3.63) is 30.3 Å². The van der Waals surface area contributed by atoms with Crippen molar-refractivity contribution < 1.29 is 8.42 Å². The van der Waals surface area contributed by atoms with Gasteiger partial charge in [-0.2, -0.15) is 0 Å². The van der Waals surface area contributed by atoms with E-state index < -0.39 is 9.84 Å². The van der Waals surface area contributed by atoms with Crippen LogP contribution in [0.4, 0.5) is 0 Å². The van der Waals surface area contributed by atoms with Crippen LogP contribution in [0.25, 0.3) is 0 Å². The lowest BCUT2D eigenvalue weighted by Gasteiger charge is -2.20. The van der Waals surface area contributed by atoms with E-state index in [9.17, 15) is 8.42 Å². The molecule has 0 unspecified atom stereocenters. The van der Waals surface area contributed by atoms with Crippen molar-refractivity contribution in [1.29, 1.82) is 0 Å². The molecule has 2 nitrogen and oxygen atoms in total. The largest absolute Gasteiger partial charge is 0.224 e. The molecule has 5 heteroatoms. The predicted molar refractivity (Wildman–Crippen MR) is 71.8 cm³/mol. The van der Waals surface area contributed by atoms with Crippen LogP contribution >= 0.6 is 23.5 Å². The fourth-order valence-corrected chi connectivity index (χ4v) is 6.80. The first-order valence-corrected chi connectivity index (χ1v) is 8.94. The Morgan fingerprint density at radius 2 is 1.75 bits per heavy atom. The minimum absolute atomic E-state index is 0.207. The van der Waals surface area contributed by atoms with Crippen molar-refractivity contribution in [2.24, 2.45) is 0 Å². The molecule has 1 fully saturated rings. The minimum Gasteiger partial charge on any atom is -0.224 e. The molecule has 2 rings (SSSR count). The fourth-order valence-electron chi connectivity index (χ4n) is 1.54. The summed E-state index contributed by atoms with van der Waals surface area (Å²) in [6.45, 7) is 0. The first-order chi connectivity index (χ1) is 7.68. The maximum absolute atomic E-state index is 12.1. The van der Waals surface area contributed by atoms with Crippen molar-refractivity contribution in [2.45, 2.75) is 15.9 Å². The number of thioether (sulfide) groups is 2. The number of hydrogen-bond acceptors (Lipinski definition) is 4. The molecule has 1 aliphatic heterocycles. The highest BCUT2D eigenvalue weighted by molar-refractivity contribution is 8.18. The zero-order valence-electron chi connectivity index (χ0n) is 8.83. The lowest BCUT2D eigenvalue weighted by molar-refractivity contribution is 0.597. The van der Waals surface area contributed by atoms with Gasteiger partial charge in [-0.25, -0.2) is 8.42 Å². The monoisotopic (exact) mass is 274 g/mol. The topological polar surface area (TPSA) is 34.1 Å². The van der Waals surface area contributed by atoms with Gasteiger partial charge in [0, 0.05) is 0 Å². The minimum atomic E-state index is -3.10. The first-order valence-electron chi connectivity index (χ1n) is 5.19. The third kappa shape index (κ3) is 3.18. The van der Waals surface area contributed by atoms with Gasteiger partial charge in [0.1, 0.15) is 0 Å². The molecule has 0 radical (unpaired) electrons. The third-order valence-electron chi connectivity index (χ3n) is 2.35. The van der Waals surface area contributed by atoms with Crippen LogP contribution in [0.1, 0.15) is 6.42 Å². The number of hydrogen-bond donors (Lipinski definition) is 0. The highest BCUT2D eigenvalue weighted by Crippen LogP contribution is 2.32. The molecule has 1 saturated heterocycles. The standard InChI is InChI=1S/C11H14O2S3/c12-16(13,10-5-2-1-3-6-10)9-11-14-7-4-8-15-11/h1-3,5-6,11H,4,7-9H2. The Balaban J connectivity index is 2.08. The van der Waals surface area contributed by atoms with Crippen molar-refractivity contribution >= 4 is 33.4 Å². The molecule has 0 saturated carbocycles. The summed E-state index contributed by atoms with van der Waals surface area (Å²) in [7, 11) is -3.10. The van der Waals surface area contributed by atoms with Gasteiger partial charge in [-0.3, -0.25) is 0 Å². The van der Waals surface area contributed by atoms with Crippen molar-refractivity contribution in [3.8, 4) is 0 Å². The van der Waals surface area contributed by atoms with Crippen molar-refractivity contribution in [1.82, 2.24) is 0 Å². The van der Waals surface area contributed by atoms with Gasteiger partial charge >= 0.3 is 0 Å². The predicted octanol–water partition coefficient (Wildman–Crippen LogP) is 2.66. The lowest BCUT2D eigenvalue weighted by atomic mass is 10.4. The van der Waals surface area contributed by atoms with E-state index in [1.54, 1.807) is 47.8 Å². The molecule has 1 aromatic rings. The molecule has 1 aliphatic rings. The summed E-state index contributed by atoms with van der Waals surface area (Å²) in [5, 5.41) is 0. The summed E-state index contributed by atoms with van der Waals surface area (Å²) in [5.74, 6) is 2.43.